The largest absolute Gasteiger partial charge is 0.299 e. The number of allylic oxidation sites excluding steroid dienone is 2. The van der Waals surface area contributed by atoms with Gasteiger partial charge in [-0.15, -0.1) is 0 Å². The van der Waals surface area contributed by atoms with Crippen molar-refractivity contribution >= 4 is 5.78 Å². The first-order valence-corrected chi connectivity index (χ1v) is 5.09. The third-order valence-electron chi connectivity index (χ3n) is 3.33. The zero-order valence-electron chi connectivity index (χ0n) is 8.44. The Morgan fingerprint density at radius 2 is 1.47 bits per heavy atom. The van der Waals surface area contributed by atoms with Gasteiger partial charge in [-0.05, 0) is 0 Å². The van der Waals surface area contributed by atoms with E-state index >= 15 is 0 Å². The lowest BCUT2D eigenvalue weighted by atomic mass is 9.70. The minimum absolute atomic E-state index is 0.00952. The number of carbonyl (C=O) groups is 1. The highest BCUT2D eigenvalue weighted by Crippen LogP contribution is 2.46. The van der Waals surface area contributed by atoms with Gasteiger partial charge in [0.15, 0.2) is 23.3 Å². The summed E-state index contributed by atoms with van der Waals surface area (Å²) in [6.45, 7) is 0. The first-order valence-electron chi connectivity index (χ1n) is 5.09. The van der Waals surface area contributed by atoms with Crippen molar-refractivity contribution in [3.63, 3.8) is 0 Å². The van der Waals surface area contributed by atoms with Crippen LogP contribution >= 0.6 is 0 Å². The molecule has 0 aromatic heterocycles. The molecule has 4 rings (SSSR count). The highest BCUT2D eigenvalue weighted by Gasteiger charge is 2.41. The molecule has 0 amide bonds. The minimum Gasteiger partial charge on any atom is -0.299 e. The Bertz CT molecular complexity index is 577. The number of rotatable bonds is 0. The van der Waals surface area contributed by atoms with Gasteiger partial charge in [-0.3, -0.25) is 4.79 Å². The number of fused-ring (bicyclic) bond motifs is 1. The van der Waals surface area contributed by atoms with Crippen molar-refractivity contribution in [2.45, 2.75) is 18.3 Å². The molecule has 2 bridgehead atoms. The molecule has 0 spiro atoms. The van der Waals surface area contributed by atoms with Crippen molar-refractivity contribution in [3.05, 3.63) is 46.5 Å². The number of hydrogen-bond acceptors (Lipinski definition) is 1. The zero-order chi connectivity index (χ0) is 12.3. The van der Waals surface area contributed by atoms with Gasteiger partial charge in [0, 0.05) is 23.5 Å². The maximum absolute atomic E-state index is 13.6. The number of halogens is 4. The van der Waals surface area contributed by atoms with Gasteiger partial charge >= 0.3 is 0 Å². The van der Waals surface area contributed by atoms with E-state index in [-0.39, 0.29) is 23.3 Å². The molecule has 0 radical (unpaired) electrons. The van der Waals surface area contributed by atoms with Gasteiger partial charge in [0.1, 0.15) is 5.78 Å². The Morgan fingerprint density at radius 1 is 0.882 bits per heavy atom. The van der Waals surface area contributed by atoms with Crippen LogP contribution in [0.4, 0.5) is 17.6 Å². The van der Waals surface area contributed by atoms with E-state index in [2.05, 4.69) is 0 Å². The van der Waals surface area contributed by atoms with Gasteiger partial charge in [-0.2, -0.15) is 0 Å². The Balaban J connectivity index is 2.40. The molecule has 0 saturated carbocycles. The van der Waals surface area contributed by atoms with Crippen LogP contribution in [0.3, 0.4) is 0 Å². The third kappa shape index (κ3) is 1.16. The van der Waals surface area contributed by atoms with Crippen LogP contribution in [0, 0.1) is 23.3 Å². The summed E-state index contributed by atoms with van der Waals surface area (Å²) in [6.07, 6.45) is 2.96. The lowest BCUT2D eigenvalue weighted by Crippen LogP contribution is -2.29. The molecule has 88 valence electrons. The van der Waals surface area contributed by atoms with Crippen molar-refractivity contribution in [1.82, 2.24) is 0 Å². The van der Waals surface area contributed by atoms with Crippen LogP contribution in [0.15, 0.2) is 12.2 Å². The zero-order valence-corrected chi connectivity index (χ0v) is 8.44. The van der Waals surface area contributed by atoms with Crippen LogP contribution in [0.1, 0.15) is 29.4 Å². The number of benzene rings is 1. The molecule has 0 aliphatic heterocycles. The fourth-order valence-electron chi connectivity index (χ4n) is 2.55. The molecule has 5 heteroatoms. The monoisotopic (exact) mass is 242 g/mol. The summed E-state index contributed by atoms with van der Waals surface area (Å²) in [7, 11) is 0. The Hall–Kier alpha value is -1.65. The predicted molar refractivity (Wildman–Crippen MR) is 50.5 cm³/mol. The van der Waals surface area contributed by atoms with Crippen molar-refractivity contribution in [2.75, 3.05) is 0 Å². The fraction of sp³-hybridized carbons (Fsp3) is 0.250. The summed E-state index contributed by atoms with van der Waals surface area (Å²) in [5.74, 6) is -8.47. The van der Waals surface area contributed by atoms with Crippen LogP contribution < -0.4 is 0 Å². The Morgan fingerprint density at radius 3 is 2.06 bits per heavy atom. The molecule has 1 aromatic carbocycles. The number of Topliss-reactive ketones (excluding diaryl/α,β-unsaturated/α-hetero) is 1. The average molecular weight is 242 g/mol. The normalized spacial score (nSPS) is 25.3. The SMILES string of the molecule is O=C1C[C@H]2C=C[C@@H]1c1c(F)c(F)c(F)c(F)c12. The summed E-state index contributed by atoms with van der Waals surface area (Å²) in [4.78, 5) is 11.5. The van der Waals surface area contributed by atoms with Crippen LogP contribution in [0.25, 0.3) is 0 Å². The lowest BCUT2D eigenvalue weighted by molar-refractivity contribution is -0.120. The number of ketones is 1. The van der Waals surface area contributed by atoms with Gasteiger partial charge in [-0.1, -0.05) is 12.2 Å². The van der Waals surface area contributed by atoms with E-state index in [1.54, 1.807) is 0 Å². The smallest absolute Gasteiger partial charge is 0.197 e. The molecule has 3 aliphatic rings. The second-order valence-electron chi connectivity index (χ2n) is 4.22. The van der Waals surface area contributed by atoms with Crippen molar-refractivity contribution in [3.8, 4) is 0 Å². The van der Waals surface area contributed by atoms with Crippen LogP contribution in [-0.2, 0) is 4.79 Å². The first-order chi connectivity index (χ1) is 8.02. The summed E-state index contributed by atoms with van der Waals surface area (Å²) >= 11 is 0. The van der Waals surface area contributed by atoms with Gasteiger partial charge in [0.25, 0.3) is 0 Å². The van der Waals surface area contributed by atoms with Crippen LogP contribution in [0.2, 0.25) is 0 Å². The highest BCUT2D eigenvalue weighted by molar-refractivity contribution is 5.92. The quantitative estimate of drug-likeness (QED) is 0.296. The second-order valence-corrected chi connectivity index (χ2v) is 4.22. The van der Waals surface area contributed by atoms with E-state index in [4.69, 9.17) is 0 Å². The molecule has 0 N–H and O–H groups in total. The Kier molecular flexibility index (Phi) is 1.97. The molecule has 17 heavy (non-hydrogen) atoms. The first kappa shape index (κ1) is 10.5. The molecule has 1 nitrogen and oxygen atoms in total. The molecule has 0 heterocycles. The standard InChI is InChI=1S/C12H6F4O/c13-9-7-4-1-2-5(6(17)3-4)8(7)10(14)12(16)11(9)15/h1-2,4-5H,3H2/t4-,5+/m1/s1. The van der Waals surface area contributed by atoms with Crippen LogP contribution in [0.5, 0.6) is 0 Å². The summed E-state index contributed by atoms with van der Waals surface area (Å²) in [5.41, 5.74) is -0.557. The predicted octanol–water partition coefficient (Wildman–Crippen LogP) is 2.95. The maximum Gasteiger partial charge on any atom is 0.197 e. The van der Waals surface area contributed by atoms with E-state index < -0.39 is 35.1 Å². The van der Waals surface area contributed by atoms with E-state index in [1.807, 2.05) is 0 Å². The topological polar surface area (TPSA) is 17.1 Å². The fourth-order valence-corrected chi connectivity index (χ4v) is 2.55. The molecular weight excluding hydrogens is 236 g/mol. The van der Waals surface area contributed by atoms with Crippen molar-refractivity contribution in [1.29, 1.82) is 0 Å². The van der Waals surface area contributed by atoms with Gasteiger partial charge < -0.3 is 0 Å². The summed E-state index contributed by atoms with van der Waals surface area (Å²) in [5, 5.41) is 0. The van der Waals surface area contributed by atoms with Gasteiger partial charge in [0.2, 0.25) is 0 Å². The molecular formula is C12H6F4O. The maximum atomic E-state index is 13.6. The highest BCUT2D eigenvalue weighted by atomic mass is 19.2. The lowest BCUT2D eigenvalue weighted by Gasteiger charge is -2.32. The molecule has 3 aliphatic carbocycles. The molecule has 0 unspecified atom stereocenters. The van der Waals surface area contributed by atoms with E-state index in [9.17, 15) is 22.4 Å². The van der Waals surface area contributed by atoms with Crippen LogP contribution in [-0.4, -0.2) is 5.78 Å². The van der Waals surface area contributed by atoms with Gasteiger partial charge in [-0.25, -0.2) is 17.6 Å². The molecule has 1 aromatic rings. The second kappa shape index (κ2) is 3.18. The van der Waals surface area contributed by atoms with Crippen molar-refractivity contribution in [2.24, 2.45) is 0 Å². The summed E-state index contributed by atoms with van der Waals surface area (Å²) < 4.78 is 53.4. The third-order valence-corrected chi connectivity index (χ3v) is 3.33. The minimum atomic E-state index is -1.85. The number of carbonyl (C=O) groups excluding carboxylic acids is 1. The van der Waals surface area contributed by atoms with E-state index in [1.165, 1.54) is 12.2 Å². The molecule has 0 fully saturated rings. The van der Waals surface area contributed by atoms with Gasteiger partial charge in [0.05, 0.1) is 5.92 Å². The average Bonchev–Trinajstić information content (AvgIpc) is 2.33. The van der Waals surface area contributed by atoms with E-state index in [0.29, 0.717) is 0 Å². The molecule has 0 saturated heterocycles. The van der Waals surface area contributed by atoms with Crippen molar-refractivity contribution < 1.29 is 22.4 Å². The summed E-state index contributed by atoms with van der Waals surface area (Å²) in [6, 6.07) is 0. The molecule has 2 atom stereocenters. The Labute approximate surface area is 93.7 Å². The van der Waals surface area contributed by atoms with E-state index in [0.717, 1.165) is 0 Å². The number of hydrogen-bond donors (Lipinski definition) is 0.